The predicted octanol–water partition coefficient (Wildman–Crippen LogP) is 13.7. The number of benzene rings is 8. The van der Waals surface area contributed by atoms with Gasteiger partial charge >= 0.3 is 0 Å². The van der Waals surface area contributed by atoms with Crippen LogP contribution in [0, 0.1) is 0 Å². The molecule has 0 aliphatic carbocycles. The minimum atomic E-state index is -0.357. The largest absolute Gasteiger partial charge is 0.456 e. The molecule has 0 spiro atoms. The van der Waals surface area contributed by atoms with Crippen molar-refractivity contribution >= 4 is 87.1 Å². The molecule has 11 aromatic rings. The number of nitrogens with zero attached hydrogens (tertiary/aromatic N) is 2. The van der Waals surface area contributed by atoms with E-state index in [9.17, 15) is 0 Å². The van der Waals surface area contributed by atoms with Crippen LogP contribution in [0.5, 0.6) is 0 Å². The molecular weight excluding hydrogens is 719 g/mol. The fourth-order valence-corrected chi connectivity index (χ4v) is 9.50. The lowest BCUT2D eigenvalue weighted by atomic mass is 10.00. The van der Waals surface area contributed by atoms with Crippen molar-refractivity contribution < 1.29 is 8.83 Å². The van der Waals surface area contributed by atoms with Crippen molar-refractivity contribution in [3.63, 3.8) is 0 Å². The van der Waals surface area contributed by atoms with Gasteiger partial charge in [-0.25, -0.2) is 9.98 Å². The Morgan fingerprint density at radius 2 is 1.05 bits per heavy atom. The third kappa shape index (κ3) is 5.29. The first-order valence-electron chi connectivity index (χ1n) is 19.1. The summed E-state index contributed by atoms with van der Waals surface area (Å²) in [4.78, 5) is 10.6. The van der Waals surface area contributed by atoms with Crippen molar-refractivity contribution in [1.29, 1.82) is 0 Å². The molecule has 57 heavy (non-hydrogen) atoms. The van der Waals surface area contributed by atoms with E-state index in [0.717, 1.165) is 83.1 Å². The maximum absolute atomic E-state index is 6.60. The lowest BCUT2D eigenvalue weighted by Crippen LogP contribution is -2.33. The molecule has 1 unspecified atom stereocenters. The smallest absolute Gasteiger partial charge is 0.160 e. The van der Waals surface area contributed by atoms with Crippen molar-refractivity contribution in [2.45, 2.75) is 6.17 Å². The van der Waals surface area contributed by atoms with E-state index in [4.69, 9.17) is 18.8 Å². The van der Waals surface area contributed by atoms with Gasteiger partial charge in [-0.15, -0.1) is 11.3 Å². The standard InChI is InChI=1S/C51H31N3O2S/c1-2-9-30(10-3-1)31-17-19-32(20-18-31)49-52-50(35-23-25-39-38-12-5-7-16-46(38)57-47(39)29-35)54-51(53-49)41-13-8-15-43-48(41)40-26-22-34(28-45(40)56-43)33-21-24-37-36-11-4-6-14-42(36)55-44(37)27-33/h1-29,50H,(H,52,53,54). The molecule has 0 amide bonds. The van der Waals surface area contributed by atoms with Crippen molar-refractivity contribution in [3.8, 4) is 22.3 Å². The number of furan rings is 2. The van der Waals surface area contributed by atoms with Crippen LogP contribution < -0.4 is 5.32 Å². The molecule has 0 saturated heterocycles. The normalized spacial score (nSPS) is 14.5. The van der Waals surface area contributed by atoms with Crippen LogP contribution in [-0.4, -0.2) is 11.7 Å². The summed E-state index contributed by atoms with van der Waals surface area (Å²) in [5.41, 5.74) is 10.8. The highest BCUT2D eigenvalue weighted by Gasteiger charge is 2.24. The van der Waals surface area contributed by atoms with Gasteiger partial charge in [0.15, 0.2) is 5.84 Å². The van der Waals surface area contributed by atoms with Gasteiger partial charge in [0.25, 0.3) is 0 Å². The van der Waals surface area contributed by atoms with Crippen LogP contribution in [0.3, 0.4) is 0 Å². The van der Waals surface area contributed by atoms with E-state index in [1.165, 1.54) is 25.7 Å². The lowest BCUT2D eigenvalue weighted by molar-refractivity contribution is 0.668. The molecule has 4 heterocycles. The molecule has 268 valence electrons. The molecule has 5 nitrogen and oxygen atoms in total. The molecule has 1 aliphatic heterocycles. The average molecular weight is 750 g/mol. The Labute approximate surface area is 330 Å². The third-order valence-electron chi connectivity index (χ3n) is 11.2. The number of thiophene rings is 1. The third-order valence-corrected chi connectivity index (χ3v) is 12.3. The summed E-state index contributed by atoms with van der Waals surface area (Å²) < 4.78 is 15.3. The maximum atomic E-state index is 6.60. The molecule has 12 rings (SSSR count). The van der Waals surface area contributed by atoms with Gasteiger partial charge in [-0.3, -0.25) is 0 Å². The van der Waals surface area contributed by atoms with Gasteiger partial charge in [0.2, 0.25) is 0 Å². The van der Waals surface area contributed by atoms with E-state index < -0.39 is 0 Å². The Hall–Kier alpha value is -7.28. The highest BCUT2D eigenvalue weighted by Crippen LogP contribution is 2.39. The average Bonchev–Trinajstić information content (AvgIpc) is 3.97. The minimum absolute atomic E-state index is 0.357. The van der Waals surface area contributed by atoms with Crippen LogP contribution in [0.4, 0.5) is 0 Å². The van der Waals surface area contributed by atoms with E-state index in [2.05, 4.69) is 145 Å². The molecule has 3 aromatic heterocycles. The Balaban J connectivity index is 0.979. The molecule has 8 aromatic carbocycles. The monoisotopic (exact) mass is 749 g/mol. The summed E-state index contributed by atoms with van der Waals surface area (Å²) in [6.07, 6.45) is -0.357. The Morgan fingerprint density at radius 3 is 1.91 bits per heavy atom. The summed E-state index contributed by atoms with van der Waals surface area (Å²) in [5.74, 6) is 1.43. The van der Waals surface area contributed by atoms with E-state index >= 15 is 0 Å². The van der Waals surface area contributed by atoms with Gasteiger partial charge < -0.3 is 14.2 Å². The SMILES string of the molecule is c1ccc(-c2ccc(C3=NC(c4cccc5oc6cc(-c7ccc8c(c7)oc7ccccc78)ccc6c45)=NC(c4ccc5c(c4)sc4ccccc45)N3)cc2)cc1. The Morgan fingerprint density at radius 1 is 0.439 bits per heavy atom. The van der Waals surface area contributed by atoms with Crippen LogP contribution in [0.1, 0.15) is 22.9 Å². The lowest BCUT2D eigenvalue weighted by Gasteiger charge is -2.24. The molecule has 1 aliphatic rings. The number of para-hydroxylation sites is 1. The molecule has 6 heteroatoms. The van der Waals surface area contributed by atoms with Gasteiger partial charge in [0.1, 0.15) is 34.3 Å². The van der Waals surface area contributed by atoms with Crippen LogP contribution in [-0.2, 0) is 0 Å². The van der Waals surface area contributed by atoms with Crippen LogP contribution >= 0.6 is 11.3 Å². The van der Waals surface area contributed by atoms with E-state index in [1.807, 2.05) is 47.7 Å². The quantitative estimate of drug-likeness (QED) is 0.191. The summed E-state index contributed by atoms with van der Waals surface area (Å²) in [6.45, 7) is 0. The molecular formula is C51H31N3O2S. The van der Waals surface area contributed by atoms with E-state index in [0.29, 0.717) is 5.84 Å². The van der Waals surface area contributed by atoms with Gasteiger partial charge in [-0.2, -0.15) is 0 Å². The van der Waals surface area contributed by atoms with Crippen LogP contribution in [0.2, 0.25) is 0 Å². The van der Waals surface area contributed by atoms with Gasteiger partial charge in [0, 0.05) is 52.8 Å². The Bertz CT molecular complexity index is 3440. The second-order valence-electron chi connectivity index (χ2n) is 14.6. The second-order valence-corrected chi connectivity index (χ2v) is 15.6. The zero-order valence-electron chi connectivity index (χ0n) is 30.4. The number of hydrogen-bond donors (Lipinski definition) is 1. The highest BCUT2D eigenvalue weighted by atomic mass is 32.1. The molecule has 1 N–H and O–H groups in total. The van der Waals surface area contributed by atoms with Crippen LogP contribution in [0.15, 0.2) is 195 Å². The number of hydrogen-bond acceptors (Lipinski definition) is 6. The summed E-state index contributed by atoms with van der Waals surface area (Å²) in [5, 5.41) is 10.5. The van der Waals surface area contributed by atoms with Crippen molar-refractivity contribution in [2.24, 2.45) is 9.98 Å². The second kappa shape index (κ2) is 12.6. The maximum Gasteiger partial charge on any atom is 0.160 e. The Kier molecular flexibility index (Phi) is 7.09. The first-order chi connectivity index (χ1) is 28.2. The number of aliphatic imine (C=N–C) groups is 2. The first-order valence-corrected chi connectivity index (χ1v) is 19.9. The van der Waals surface area contributed by atoms with E-state index in [-0.39, 0.29) is 6.17 Å². The highest BCUT2D eigenvalue weighted by molar-refractivity contribution is 7.25. The minimum Gasteiger partial charge on any atom is -0.456 e. The molecule has 1 atom stereocenters. The van der Waals surface area contributed by atoms with E-state index in [1.54, 1.807) is 0 Å². The van der Waals surface area contributed by atoms with Crippen molar-refractivity contribution in [3.05, 3.63) is 193 Å². The fraction of sp³-hybridized carbons (Fsp3) is 0.0196. The number of fused-ring (bicyclic) bond motifs is 9. The molecule has 0 radical (unpaired) electrons. The zero-order chi connectivity index (χ0) is 37.5. The number of rotatable bonds is 5. The summed E-state index contributed by atoms with van der Waals surface area (Å²) in [6, 6.07) is 61.5. The molecule has 0 saturated carbocycles. The number of amidine groups is 2. The van der Waals surface area contributed by atoms with Gasteiger partial charge in [-0.1, -0.05) is 127 Å². The van der Waals surface area contributed by atoms with Crippen LogP contribution in [0.25, 0.3) is 86.3 Å². The first kappa shape index (κ1) is 32.0. The summed E-state index contributed by atoms with van der Waals surface area (Å²) in [7, 11) is 0. The number of nitrogens with one attached hydrogen (secondary N) is 1. The van der Waals surface area contributed by atoms with Crippen molar-refractivity contribution in [2.75, 3.05) is 0 Å². The van der Waals surface area contributed by atoms with Crippen molar-refractivity contribution in [1.82, 2.24) is 5.32 Å². The topological polar surface area (TPSA) is 63.0 Å². The molecule has 0 fully saturated rings. The zero-order valence-corrected chi connectivity index (χ0v) is 31.3. The molecule has 0 bridgehead atoms. The van der Waals surface area contributed by atoms with Gasteiger partial charge in [-0.05, 0) is 76.3 Å². The summed E-state index contributed by atoms with van der Waals surface area (Å²) >= 11 is 1.81. The fourth-order valence-electron chi connectivity index (χ4n) is 8.35. The predicted molar refractivity (Wildman–Crippen MR) is 237 cm³/mol. The van der Waals surface area contributed by atoms with Gasteiger partial charge in [0.05, 0.1) is 0 Å².